The second-order valence-electron chi connectivity index (χ2n) is 6.89. The highest BCUT2D eigenvalue weighted by atomic mass is 32.2. The van der Waals surface area contributed by atoms with Crippen molar-refractivity contribution < 1.29 is 17.9 Å². The van der Waals surface area contributed by atoms with Gasteiger partial charge in [0.05, 0.1) is 11.9 Å². The molecule has 0 heterocycles. The smallest absolute Gasteiger partial charge is 0.248 e. The molecule has 0 unspecified atom stereocenters. The second-order valence-corrected chi connectivity index (χ2v) is 8.75. The van der Waals surface area contributed by atoms with Crippen LogP contribution in [0.15, 0.2) is 55.1 Å². The van der Waals surface area contributed by atoms with Gasteiger partial charge in [-0.3, -0.25) is 9.10 Å². The Morgan fingerprint density at radius 1 is 1.21 bits per heavy atom. The number of amides is 1. The topological polar surface area (TPSA) is 75.7 Å². The van der Waals surface area contributed by atoms with Gasteiger partial charge in [-0.05, 0) is 61.7 Å². The molecule has 0 spiro atoms. The average Bonchev–Trinajstić information content (AvgIpc) is 2.66. The number of anilines is 2. The second kappa shape index (κ2) is 9.60. The van der Waals surface area contributed by atoms with Crippen LogP contribution in [-0.2, 0) is 14.8 Å². The third-order valence-electron chi connectivity index (χ3n) is 4.42. The molecule has 156 valence electrons. The Bertz CT molecular complexity index is 969. The summed E-state index contributed by atoms with van der Waals surface area (Å²) in [5.74, 6) is 0.265. The maximum atomic E-state index is 13.0. The van der Waals surface area contributed by atoms with Crippen molar-refractivity contribution in [2.45, 2.75) is 33.2 Å². The third-order valence-corrected chi connectivity index (χ3v) is 5.59. The summed E-state index contributed by atoms with van der Waals surface area (Å²) in [4.78, 5) is 13.0. The lowest BCUT2D eigenvalue weighted by atomic mass is 10.1. The zero-order valence-electron chi connectivity index (χ0n) is 17.3. The van der Waals surface area contributed by atoms with Gasteiger partial charge in [0, 0.05) is 5.69 Å². The Morgan fingerprint density at radius 2 is 1.86 bits per heavy atom. The van der Waals surface area contributed by atoms with Crippen LogP contribution in [0, 0.1) is 13.8 Å². The standard InChI is InChI=1S/C22H28N2O4S/c1-6-14-28-19-12-10-18(11-13-19)23-22(25)20(7-2)24(29(5,26)27)21-15-16(3)8-9-17(21)4/h6,8-13,15,20H,1,7,14H2,2-5H3,(H,23,25)/t20-/m1/s1. The van der Waals surface area contributed by atoms with E-state index in [1.807, 2.05) is 26.0 Å². The minimum absolute atomic E-state index is 0.326. The Morgan fingerprint density at radius 3 is 2.41 bits per heavy atom. The normalized spacial score (nSPS) is 12.1. The molecule has 0 fully saturated rings. The number of rotatable bonds is 9. The van der Waals surface area contributed by atoms with E-state index in [1.54, 1.807) is 43.3 Å². The average molecular weight is 417 g/mol. The van der Waals surface area contributed by atoms with Crippen LogP contribution < -0.4 is 14.4 Å². The summed E-state index contributed by atoms with van der Waals surface area (Å²) in [6, 6.07) is 11.6. The summed E-state index contributed by atoms with van der Waals surface area (Å²) in [6.07, 6.45) is 3.10. The van der Waals surface area contributed by atoms with Crippen molar-refractivity contribution in [3.8, 4) is 5.75 Å². The molecular weight excluding hydrogens is 388 g/mol. The van der Waals surface area contributed by atoms with Gasteiger partial charge in [-0.25, -0.2) is 8.42 Å². The molecule has 2 aromatic rings. The van der Waals surface area contributed by atoms with E-state index in [1.165, 1.54) is 4.31 Å². The van der Waals surface area contributed by atoms with Gasteiger partial charge < -0.3 is 10.1 Å². The Kier molecular flexibility index (Phi) is 7.45. The van der Waals surface area contributed by atoms with Gasteiger partial charge in [-0.2, -0.15) is 0 Å². The quantitative estimate of drug-likeness (QED) is 0.626. The van der Waals surface area contributed by atoms with E-state index in [0.29, 0.717) is 30.2 Å². The molecule has 0 radical (unpaired) electrons. The summed E-state index contributed by atoms with van der Waals surface area (Å²) in [5, 5.41) is 2.81. The van der Waals surface area contributed by atoms with Crippen LogP contribution in [0.5, 0.6) is 5.75 Å². The molecule has 1 atom stereocenters. The van der Waals surface area contributed by atoms with Crippen LogP contribution >= 0.6 is 0 Å². The lowest BCUT2D eigenvalue weighted by Crippen LogP contribution is -2.47. The largest absolute Gasteiger partial charge is 0.490 e. The fourth-order valence-electron chi connectivity index (χ4n) is 3.01. The SMILES string of the molecule is C=CCOc1ccc(NC(=O)[C@@H](CC)N(c2cc(C)ccc2C)S(C)(=O)=O)cc1. The van der Waals surface area contributed by atoms with Gasteiger partial charge in [0.25, 0.3) is 0 Å². The van der Waals surface area contributed by atoms with E-state index in [-0.39, 0.29) is 0 Å². The van der Waals surface area contributed by atoms with Crippen molar-refractivity contribution in [1.29, 1.82) is 0 Å². The number of benzene rings is 2. The number of carbonyl (C=O) groups excluding carboxylic acids is 1. The number of nitrogens with one attached hydrogen (secondary N) is 1. The van der Waals surface area contributed by atoms with E-state index in [4.69, 9.17) is 4.74 Å². The van der Waals surface area contributed by atoms with E-state index < -0.39 is 22.0 Å². The van der Waals surface area contributed by atoms with Gasteiger partial charge in [0.15, 0.2) is 0 Å². The van der Waals surface area contributed by atoms with E-state index in [0.717, 1.165) is 17.4 Å². The Balaban J connectivity index is 2.31. The van der Waals surface area contributed by atoms with E-state index in [2.05, 4.69) is 11.9 Å². The Hall–Kier alpha value is -2.80. The third kappa shape index (κ3) is 5.84. The molecule has 1 N–H and O–H groups in total. The first-order valence-corrected chi connectivity index (χ1v) is 11.2. The van der Waals surface area contributed by atoms with Crippen LogP contribution in [0.3, 0.4) is 0 Å². The number of sulfonamides is 1. The van der Waals surface area contributed by atoms with Gasteiger partial charge >= 0.3 is 0 Å². The summed E-state index contributed by atoms with van der Waals surface area (Å²) < 4.78 is 31.9. The minimum atomic E-state index is -3.68. The fraction of sp³-hybridized carbons (Fsp3) is 0.318. The van der Waals surface area contributed by atoms with Crippen molar-refractivity contribution in [3.63, 3.8) is 0 Å². The lowest BCUT2D eigenvalue weighted by Gasteiger charge is -2.31. The summed E-state index contributed by atoms with van der Waals surface area (Å²) in [5.41, 5.74) is 2.79. The molecule has 0 aliphatic heterocycles. The van der Waals surface area contributed by atoms with Crippen molar-refractivity contribution >= 4 is 27.3 Å². The number of nitrogens with zero attached hydrogens (tertiary/aromatic N) is 1. The highest BCUT2D eigenvalue weighted by Crippen LogP contribution is 2.28. The highest BCUT2D eigenvalue weighted by Gasteiger charge is 2.32. The molecule has 29 heavy (non-hydrogen) atoms. The predicted octanol–water partition coefficient (Wildman–Crippen LogP) is 4.05. The van der Waals surface area contributed by atoms with Gasteiger partial charge in [0.2, 0.25) is 15.9 Å². The van der Waals surface area contributed by atoms with Crippen LogP contribution in [0.1, 0.15) is 24.5 Å². The zero-order valence-corrected chi connectivity index (χ0v) is 18.1. The molecule has 7 heteroatoms. The number of hydrogen-bond acceptors (Lipinski definition) is 4. The van der Waals surface area contributed by atoms with Crippen LogP contribution in [-0.4, -0.2) is 33.2 Å². The summed E-state index contributed by atoms with van der Waals surface area (Å²) >= 11 is 0. The monoisotopic (exact) mass is 416 g/mol. The predicted molar refractivity (Wildman–Crippen MR) is 118 cm³/mol. The number of carbonyl (C=O) groups is 1. The fourth-order valence-corrected chi connectivity index (χ4v) is 4.27. The van der Waals surface area contributed by atoms with E-state index >= 15 is 0 Å². The summed E-state index contributed by atoms with van der Waals surface area (Å²) in [7, 11) is -3.68. The van der Waals surface area contributed by atoms with Gasteiger partial charge in [0.1, 0.15) is 18.4 Å². The van der Waals surface area contributed by atoms with Gasteiger partial charge in [-0.15, -0.1) is 0 Å². The van der Waals surface area contributed by atoms with Crippen molar-refractivity contribution in [3.05, 3.63) is 66.2 Å². The Labute approximate surface area is 173 Å². The molecule has 0 bridgehead atoms. The molecule has 6 nitrogen and oxygen atoms in total. The highest BCUT2D eigenvalue weighted by molar-refractivity contribution is 7.92. The van der Waals surface area contributed by atoms with Crippen molar-refractivity contribution in [2.24, 2.45) is 0 Å². The molecule has 2 aromatic carbocycles. The maximum Gasteiger partial charge on any atom is 0.248 e. The molecular formula is C22H28N2O4S. The van der Waals surface area contributed by atoms with Crippen molar-refractivity contribution in [1.82, 2.24) is 0 Å². The number of aryl methyl sites for hydroxylation is 2. The molecule has 0 saturated carbocycles. The molecule has 1 amide bonds. The van der Waals surface area contributed by atoms with E-state index in [9.17, 15) is 13.2 Å². The maximum absolute atomic E-state index is 13.0. The minimum Gasteiger partial charge on any atom is -0.490 e. The first-order chi connectivity index (χ1) is 13.7. The van der Waals surface area contributed by atoms with Crippen molar-refractivity contribution in [2.75, 3.05) is 22.5 Å². The van der Waals surface area contributed by atoms with Crippen LogP contribution in [0.2, 0.25) is 0 Å². The first-order valence-electron chi connectivity index (χ1n) is 9.38. The summed E-state index contributed by atoms with van der Waals surface area (Å²) in [6.45, 7) is 9.50. The van der Waals surface area contributed by atoms with Crippen LogP contribution in [0.4, 0.5) is 11.4 Å². The van der Waals surface area contributed by atoms with Crippen LogP contribution in [0.25, 0.3) is 0 Å². The molecule has 0 aromatic heterocycles. The number of hydrogen-bond donors (Lipinski definition) is 1. The van der Waals surface area contributed by atoms with Gasteiger partial charge in [-0.1, -0.05) is 31.7 Å². The first kappa shape index (κ1) is 22.5. The number of ether oxygens (including phenoxy) is 1. The molecule has 0 saturated heterocycles. The molecule has 0 aliphatic carbocycles. The lowest BCUT2D eigenvalue weighted by molar-refractivity contribution is -0.117. The zero-order chi connectivity index (χ0) is 21.6. The molecule has 2 rings (SSSR count). The molecule has 0 aliphatic rings.